The lowest BCUT2D eigenvalue weighted by Crippen LogP contribution is -2.37. The molecule has 11 heteroatoms. The lowest BCUT2D eigenvalue weighted by Gasteiger charge is -2.23. The predicted molar refractivity (Wildman–Crippen MR) is 152 cm³/mol. The Kier molecular flexibility index (Phi) is 8.01. The number of methoxy groups -OCH3 is 1. The molecule has 204 valence electrons. The number of sulfonamides is 1. The van der Waals surface area contributed by atoms with Crippen molar-refractivity contribution in [3.05, 3.63) is 72.3 Å². The van der Waals surface area contributed by atoms with Crippen LogP contribution < -0.4 is 19.1 Å². The molecule has 39 heavy (non-hydrogen) atoms. The maximum Gasteiger partial charge on any atom is 0.261 e. The molecular weight excluding hydrogens is 538 g/mol. The molecule has 4 aromatic rings. The van der Waals surface area contributed by atoms with Gasteiger partial charge in [0.2, 0.25) is 0 Å². The largest absolute Gasteiger partial charge is 0.497 e. The van der Waals surface area contributed by atoms with Crippen molar-refractivity contribution in [1.29, 1.82) is 0 Å². The lowest BCUT2D eigenvalue weighted by molar-refractivity contribution is 0.0917. The van der Waals surface area contributed by atoms with Crippen LogP contribution in [0.2, 0.25) is 0 Å². The molecule has 0 saturated carbocycles. The van der Waals surface area contributed by atoms with Crippen molar-refractivity contribution in [3.63, 3.8) is 0 Å². The number of hydrogen-bond donors (Lipinski definition) is 1. The average molecular weight is 568 g/mol. The van der Waals surface area contributed by atoms with Gasteiger partial charge in [-0.3, -0.25) is 14.4 Å². The number of nitrogens with zero attached hydrogens (tertiary/aromatic N) is 2. The summed E-state index contributed by atoms with van der Waals surface area (Å²) in [6.45, 7) is 3.47. The molecule has 1 aliphatic rings. The minimum Gasteiger partial charge on any atom is -0.497 e. The number of aromatic nitrogens is 1. The number of para-hydroxylation sites is 1. The van der Waals surface area contributed by atoms with E-state index >= 15 is 0 Å². The molecule has 1 fully saturated rings. The van der Waals surface area contributed by atoms with E-state index in [1.807, 2.05) is 25.1 Å². The molecule has 1 amide bonds. The van der Waals surface area contributed by atoms with Crippen LogP contribution in [0.15, 0.2) is 71.6 Å². The Morgan fingerprint density at radius 1 is 1.13 bits per heavy atom. The van der Waals surface area contributed by atoms with Crippen molar-refractivity contribution in [2.75, 3.05) is 36.5 Å². The van der Waals surface area contributed by atoms with Crippen molar-refractivity contribution >= 4 is 48.3 Å². The van der Waals surface area contributed by atoms with Crippen LogP contribution in [0.25, 0.3) is 10.2 Å². The van der Waals surface area contributed by atoms with Gasteiger partial charge in [-0.15, -0.1) is 0 Å². The fraction of sp³-hybridized carbons (Fsp3) is 0.286. The first-order valence-corrected chi connectivity index (χ1v) is 14.9. The SMILES string of the molecule is CCOc1cccc2sc(N(CC3CCCO3)C(=O)c3ccc(NS(=O)(=O)c4ccc(OC)cc4)cc3)nc12. The van der Waals surface area contributed by atoms with Gasteiger partial charge in [0.25, 0.3) is 15.9 Å². The Labute approximate surface area is 231 Å². The molecule has 1 saturated heterocycles. The van der Waals surface area contributed by atoms with Gasteiger partial charge < -0.3 is 14.2 Å². The maximum absolute atomic E-state index is 13.8. The first-order chi connectivity index (χ1) is 18.9. The van der Waals surface area contributed by atoms with Crippen molar-refractivity contribution in [1.82, 2.24) is 4.98 Å². The van der Waals surface area contributed by atoms with Crippen molar-refractivity contribution in [2.24, 2.45) is 0 Å². The van der Waals surface area contributed by atoms with Crippen molar-refractivity contribution in [3.8, 4) is 11.5 Å². The molecule has 1 aliphatic heterocycles. The Morgan fingerprint density at radius 3 is 2.56 bits per heavy atom. The summed E-state index contributed by atoms with van der Waals surface area (Å²) in [5, 5.41) is 0.557. The van der Waals surface area contributed by atoms with E-state index in [2.05, 4.69) is 4.72 Å². The molecule has 0 aliphatic carbocycles. The smallest absolute Gasteiger partial charge is 0.261 e. The van der Waals surface area contributed by atoms with Gasteiger partial charge in [-0.1, -0.05) is 17.4 Å². The van der Waals surface area contributed by atoms with E-state index in [9.17, 15) is 13.2 Å². The number of rotatable bonds is 10. The molecular formula is C28H29N3O6S2. The number of thiazole rings is 1. The fourth-order valence-electron chi connectivity index (χ4n) is 4.34. The van der Waals surface area contributed by atoms with E-state index in [0.29, 0.717) is 53.2 Å². The first-order valence-electron chi connectivity index (χ1n) is 12.6. The summed E-state index contributed by atoms with van der Waals surface area (Å²) in [6.07, 6.45) is 1.73. The van der Waals surface area contributed by atoms with Crippen LogP contribution in [-0.4, -0.2) is 52.3 Å². The van der Waals surface area contributed by atoms with E-state index in [-0.39, 0.29) is 16.9 Å². The van der Waals surface area contributed by atoms with E-state index < -0.39 is 10.0 Å². The van der Waals surface area contributed by atoms with Gasteiger partial charge >= 0.3 is 0 Å². The molecule has 9 nitrogen and oxygen atoms in total. The van der Waals surface area contributed by atoms with Gasteiger partial charge in [0, 0.05) is 17.9 Å². The van der Waals surface area contributed by atoms with E-state index in [1.165, 1.54) is 30.6 Å². The molecule has 1 atom stereocenters. The molecule has 0 spiro atoms. The maximum atomic E-state index is 13.8. The molecule has 2 heterocycles. The van der Waals surface area contributed by atoms with Crippen molar-refractivity contribution < 1.29 is 27.4 Å². The Hall–Kier alpha value is -3.67. The van der Waals surface area contributed by atoms with Gasteiger partial charge in [-0.05, 0) is 80.4 Å². The Balaban J connectivity index is 1.39. The summed E-state index contributed by atoms with van der Waals surface area (Å²) < 4.78 is 45.8. The number of ether oxygens (including phenoxy) is 3. The van der Waals surface area contributed by atoms with Gasteiger partial charge in [0.1, 0.15) is 17.0 Å². The number of carbonyl (C=O) groups is 1. The molecule has 0 bridgehead atoms. The van der Waals surface area contributed by atoms with Crippen LogP contribution in [0.5, 0.6) is 11.5 Å². The second-order valence-corrected chi connectivity index (χ2v) is 11.6. The summed E-state index contributed by atoms with van der Waals surface area (Å²) in [5.41, 5.74) is 1.46. The fourth-order valence-corrected chi connectivity index (χ4v) is 6.39. The standard InChI is InChI=1S/C28H29N3O6S2/c1-3-36-24-7-4-8-25-26(24)29-28(38-25)31(18-22-6-5-17-37-22)27(32)19-9-11-20(12-10-19)30-39(33,34)23-15-13-21(35-2)14-16-23/h4,7-16,22,30H,3,5-6,17-18H2,1-2H3. The van der Waals surface area contributed by atoms with Crippen LogP contribution >= 0.6 is 11.3 Å². The summed E-state index contributed by atoms with van der Waals surface area (Å²) in [5.74, 6) is 0.995. The van der Waals surface area contributed by atoms with Gasteiger partial charge in [0.15, 0.2) is 5.13 Å². The third-order valence-electron chi connectivity index (χ3n) is 6.31. The number of fused-ring (bicyclic) bond motifs is 1. The summed E-state index contributed by atoms with van der Waals surface area (Å²) in [6, 6.07) is 18.2. The highest BCUT2D eigenvalue weighted by atomic mass is 32.2. The number of amides is 1. The Morgan fingerprint density at radius 2 is 1.90 bits per heavy atom. The zero-order chi connectivity index (χ0) is 27.4. The van der Waals surface area contributed by atoms with Crippen LogP contribution in [0, 0.1) is 0 Å². The number of nitrogens with one attached hydrogen (secondary N) is 1. The third kappa shape index (κ3) is 6.00. The highest BCUT2D eigenvalue weighted by Crippen LogP contribution is 2.35. The van der Waals surface area contributed by atoms with E-state index in [4.69, 9.17) is 19.2 Å². The number of anilines is 2. The molecule has 0 radical (unpaired) electrons. The summed E-state index contributed by atoms with van der Waals surface area (Å²) >= 11 is 1.42. The second kappa shape index (κ2) is 11.6. The van der Waals surface area contributed by atoms with Gasteiger partial charge in [-0.2, -0.15) is 0 Å². The number of hydrogen-bond acceptors (Lipinski definition) is 8. The number of benzene rings is 3. The van der Waals surface area contributed by atoms with Crippen LogP contribution in [-0.2, 0) is 14.8 Å². The van der Waals surface area contributed by atoms with E-state index in [0.717, 1.165) is 17.5 Å². The quantitative estimate of drug-likeness (QED) is 0.276. The van der Waals surface area contributed by atoms with Crippen LogP contribution in [0.1, 0.15) is 30.1 Å². The molecule has 3 aromatic carbocycles. The molecule has 1 aromatic heterocycles. The number of carbonyl (C=O) groups excluding carboxylic acids is 1. The molecule has 5 rings (SSSR count). The minimum atomic E-state index is -3.81. The second-order valence-electron chi connectivity index (χ2n) is 8.94. The predicted octanol–water partition coefficient (Wildman–Crippen LogP) is 5.33. The van der Waals surface area contributed by atoms with Crippen LogP contribution in [0.4, 0.5) is 10.8 Å². The van der Waals surface area contributed by atoms with E-state index in [1.54, 1.807) is 41.3 Å². The lowest BCUT2D eigenvalue weighted by atomic mass is 10.1. The van der Waals surface area contributed by atoms with Crippen molar-refractivity contribution in [2.45, 2.75) is 30.8 Å². The topological polar surface area (TPSA) is 107 Å². The average Bonchev–Trinajstić information content (AvgIpc) is 3.62. The normalized spacial score (nSPS) is 15.3. The highest BCUT2D eigenvalue weighted by Gasteiger charge is 2.27. The Bertz CT molecular complexity index is 1550. The minimum absolute atomic E-state index is 0.0806. The molecule has 1 N–H and O–H groups in total. The highest BCUT2D eigenvalue weighted by molar-refractivity contribution is 7.92. The summed E-state index contributed by atoms with van der Waals surface area (Å²) in [4.78, 5) is 20.3. The summed E-state index contributed by atoms with van der Waals surface area (Å²) in [7, 11) is -2.29. The van der Waals surface area contributed by atoms with Crippen LogP contribution in [0.3, 0.4) is 0 Å². The first kappa shape index (κ1) is 26.9. The van der Waals surface area contributed by atoms with Gasteiger partial charge in [-0.25, -0.2) is 13.4 Å². The third-order valence-corrected chi connectivity index (χ3v) is 8.75. The monoisotopic (exact) mass is 567 g/mol. The zero-order valence-corrected chi connectivity index (χ0v) is 23.3. The zero-order valence-electron chi connectivity index (χ0n) is 21.6. The van der Waals surface area contributed by atoms with Gasteiger partial charge in [0.05, 0.1) is 36.0 Å². The molecule has 1 unspecified atom stereocenters.